The quantitative estimate of drug-likeness (QED) is 0.520. The van der Waals surface area contributed by atoms with Crippen LogP contribution in [0.25, 0.3) is 5.69 Å². The van der Waals surface area contributed by atoms with E-state index in [0.29, 0.717) is 16.4 Å². The molecule has 0 saturated heterocycles. The average molecular weight is 387 g/mol. The van der Waals surface area contributed by atoms with Gasteiger partial charge in [0.1, 0.15) is 16.7 Å². The lowest BCUT2D eigenvalue weighted by molar-refractivity contribution is -0.123. The standard InChI is InChI=1S/C19H16ClFN4O2/c1-13-17(19(20)25(24-13)15-7-3-2-4-8-15)11-22-23-18(26)12-27-16-9-5-6-14(21)10-16/h2-11H,12H2,1H3,(H,23,26)/b22-11-. The number of carbonyl (C=O) groups excluding carboxylic acids is 1. The van der Waals surface area contributed by atoms with E-state index in [-0.39, 0.29) is 12.4 Å². The van der Waals surface area contributed by atoms with Gasteiger partial charge < -0.3 is 4.74 Å². The highest BCUT2D eigenvalue weighted by Crippen LogP contribution is 2.21. The first-order chi connectivity index (χ1) is 13.0. The number of amides is 1. The number of benzene rings is 2. The van der Waals surface area contributed by atoms with Crippen LogP contribution in [-0.2, 0) is 4.79 Å². The van der Waals surface area contributed by atoms with E-state index in [2.05, 4.69) is 15.6 Å². The van der Waals surface area contributed by atoms with Crippen LogP contribution in [0.4, 0.5) is 4.39 Å². The van der Waals surface area contributed by atoms with Crippen molar-refractivity contribution in [1.82, 2.24) is 15.2 Å². The molecule has 0 aliphatic rings. The number of aryl methyl sites for hydroxylation is 1. The highest BCUT2D eigenvalue weighted by molar-refractivity contribution is 6.32. The third-order valence-electron chi connectivity index (χ3n) is 3.60. The predicted octanol–water partition coefficient (Wildman–Crippen LogP) is 3.50. The molecule has 6 nitrogen and oxygen atoms in total. The Morgan fingerprint density at radius 2 is 2.07 bits per heavy atom. The van der Waals surface area contributed by atoms with Crippen molar-refractivity contribution in [2.24, 2.45) is 5.10 Å². The zero-order valence-corrected chi connectivity index (χ0v) is 15.2. The van der Waals surface area contributed by atoms with E-state index in [9.17, 15) is 9.18 Å². The third kappa shape index (κ3) is 4.71. The Morgan fingerprint density at radius 3 is 2.81 bits per heavy atom. The second-order valence-corrected chi connectivity index (χ2v) is 5.93. The van der Waals surface area contributed by atoms with Crippen molar-refractivity contribution in [1.29, 1.82) is 0 Å². The molecule has 0 atom stereocenters. The van der Waals surface area contributed by atoms with Gasteiger partial charge in [0.2, 0.25) is 0 Å². The summed E-state index contributed by atoms with van der Waals surface area (Å²) in [5.41, 5.74) is 4.41. The molecule has 2 aromatic carbocycles. The van der Waals surface area contributed by atoms with Crippen LogP contribution in [0.1, 0.15) is 11.3 Å². The van der Waals surface area contributed by atoms with Gasteiger partial charge in [-0.2, -0.15) is 10.2 Å². The Labute approximate surface area is 160 Å². The number of nitrogens with one attached hydrogen (secondary N) is 1. The van der Waals surface area contributed by atoms with Crippen LogP contribution in [0, 0.1) is 12.7 Å². The highest BCUT2D eigenvalue weighted by atomic mass is 35.5. The summed E-state index contributed by atoms with van der Waals surface area (Å²) in [5, 5.41) is 8.65. The Morgan fingerprint density at radius 1 is 1.30 bits per heavy atom. The lowest BCUT2D eigenvalue weighted by Crippen LogP contribution is -2.24. The van der Waals surface area contributed by atoms with E-state index < -0.39 is 11.7 Å². The summed E-state index contributed by atoms with van der Waals surface area (Å²) in [6.45, 7) is 1.50. The fourth-order valence-electron chi connectivity index (χ4n) is 2.30. The smallest absolute Gasteiger partial charge is 0.277 e. The van der Waals surface area contributed by atoms with Gasteiger partial charge in [-0.3, -0.25) is 4.79 Å². The molecule has 3 aromatic rings. The van der Waals surface area contributed by atoms with Crippen LogP contribution >= 0.6 is 11.6 Å². The number of para-hydroxylation sites is 1. The van der Waals surface area contributed by atoms with Gasteiger partial charge in [0.05, 0.1) is 23.2 Å². The first-order valence-corrected chi connectivity index (χ1v) is 8.43. The van der Waals surface area contributed by atoms with Gasteiger partial charge in [0, 0.05) is 6.07 Å². The number of hydrogen-bond acceptors (Lipinski definition) is 4. The fraction of sp³-hybridized carbons (Fsp3) is 0.105. The monoisotopic (exact) mass is 386 g/mol. The normalized spacial score (nSPS) is 10.9. The van der Waals surface area contributed by atoms with Crippen LogP contribution in [0.2, 0.25) is 5.15 Å². The average Bonchev–Trinajstić information content (AvgIpc) is 2.95. The SMILES string of the molecule is Cc1nn(-c2ccccc2)c(Cl)c1/C=N\NC(=O)COc1cccc(F)c1. The van der Waals surface area contributed by atoms with Crippen molar-refractivity contribution in [3.8, 4) is 11.4 Å². The zero-order valence-electron chi connectivity index (χ0n) is 14.4. The van der Waals surface area contributed by atoms with Crippen LogP contribution in [-0.4, -0.2) is 28.5 Å². The minimum atomic E-state index is -0.486. The molecule has 1 N–H and O–H groups in total. The molecule has 0 aliphatic heterocycles. The minimum Gasteiger partial charge on any atom is -0.484 e. The molecule has 1 amide bonds. The summed E-state index contributed by atoms with van der Waals surface area (Å²) >= 11 is 6.37. The van der Waals surface area contributed by atoms with Crippen LogP contribution < -0.4 is 10.2 Å². The minimum absolute atomic E-state index is 0.261. The number of hydrogen-bond donors (Lipinski definition) is 1. The summed E-state index contributed by atoms with van der Waals surface area (Å²) in [4.78, 5) is 11.8. The largest absolute Gasteiger partial charge is 0.484 e. The first-order valence-electron chi connectivity index (χ1n) is 8.05. The molecule has 0 unspecified atom stereocenters. The van der Waals surface area contributed by atoms with Crippen molar-refractivity contribution < 1.29 is 13.9 Å². The second kappa shape index (κ2) is 8.46. The number of aromatic nitrogens is 2. The molecule has 3 rings (SSSR count). The summed E-state index contributed by atoms with van der Waals surface area (Å²) in [6, 6.07) is 15.0. The predicted molar refractivity (Wildman–Crippen MR) is 101 cm³/mol. The molecular weight excluding hydrogens is 371 g/mol. The highest BCUT2D eigenvalue weighted by Gasteiger charge is 2.13. The first kappa shape index (κ1) is 18.6. The van der Waals surface area contributed by atoms with Crippen molar-refractivity contribution >= 4 is 23.7 Å². The number of halogens is 2. The molecule has 138 valence electrons. The van der Waals surface area contributed by atoms with Gasteiger partial charge in [0.15, 0.2) is 6.61 Å². The maximum Gasteiger partial charge on any atom is 0.277 e. The van der Waals surface area contributed by atoms with Crippen molar-refractivity contribution in [2.45, 2.75) is 6.92 Å². The number of ether oxygens (including phenoxy) is 1. The van der Waals surface area contributed by atoms with E-state index in [1.807, 2.05) is 30.3 Å². The molecule has 1 heterocycles. The molecule has 0 radical (unpaired) electrons. The molecule has 0 bridgehead atoms. The summed E-state index contributed by atoms with van der Waals surface area (Å²) in [5.74, 6) is -0.664. The number of rotatable bonds is 6. The van der Waals surface area contributed by atoms with Crippen molar-refractivity contribution in [3.05, 3.63) is 76.8 Å². The fourth-order valence-corrected chi connectivity index (χ4v) is 2.63. The van der Waals surface area contributed by atoms with Crippen LogP contribution in [0.5, 0.6) is 5.75 Å². The van der Waals surface area contributed by atoms with Crippen LogP contribution in [0.15, 0.2) is 59.7 Å². The van der Waals surface area contributed by atoms with Crippen molar-refractivity contribution in [3.63, 3.8) is 0 Å². The topological polar surface area (TPSA) is 68.5 Å². The molecule has 0 fully saturated rings. The Bertz CT molecular complexity index is 973. The van der Waals surface area contributed by atoms with Gasteiger partial charge in [0.25, 0.3) is 5.91 Å². The molecular formula is C19H16ClFN4O2. The lowest BCUT2D eigenvalue weighted by atomic mass is 10.3. The Hall–Kier alpha value is -3.19. The molecule has 0 spiro atoms. The van der Waals surface area contributed by atoms with Crippen LogP contribution in [0.3, 0.4) is 0 Å². The van der Waals surface area contributed by atoms with E-state index >= 15 is 0 Å². The molecule has 1 aromatic heterocycles. The van der Waals surface area contributed by atoms with E-state index in [1.54, 1.807) is 17.7 Å². The van der Waals surface area contributed by atoms with Gasteiger partial charge in [-0.25, -0.2) is 14.5 Å². The number of hydrazone groups is 1. The number of nitrogens with zero attached hydrogens (tertiary/aromatic N) is 3. The zero-order chi connectivity index (χ0) is 19.2. The van der Waals surface area contributed by atoms with Gasteiger partial charge in [-0.1, -0.05) is 35.9 Å². The maximum absolute atomic E-state index is 13.1. The molecule has 8 heteroatoms. The third-order valence-corrected chi connectivity index (χ3v) is 3.96. The Balaban J connectivity index is 1.61. The van der Waals surface area contributed by atoms with Gasteiger partial charge in [-0.15, -0.1) is 0 Å². The summed E-state index contributed by atoms with van der Waals surface area (Å²) in [7, 11) is 0. The van der Waals surface area contributed by atoms with Gasteiger partial charge >= 0.3 is 0 Å². The maximum atomic E-state index is 13.1. The van der Waals surface area contributed by atoms with E-state index in [0.717, 1.165) is 5.69 Å². The van der Waals surface area contributed by atoms with E-state index in [4.69, 9.17) is 16.3 Å². The van der Waals surface area contributed by atoms with E-state index in [1.165, 1.54) is 24.4 Å². The molecule has 27 heavy (non-hydrogen) atoms. The lowest BCUT2D eigenvalue weighted by Gasteiger charge is -2.04. The van der Waals surface area contributed by atoms with Gasteiger partial charge in [-0.05, 0) is 31.2 Å². The number of carbonyl (C=O) groups is 1. The summed E-state index contributed by atoms with van der Waals surface area (Å²) in [6.07, 6.45) is 1.42. The molecule has 0 aliphatic carbocycles. The Kier molecular flexibility index (Phi) is 5.83. The second-order valence-electron chi connectivity index (χ2n) is 5.58. The van der Waals surface area contributed by atoms with Crippen molar-refractivity contribution in [2.75, 3.05) is 6.61 Å². The summed E-state index contributed by atoms with van der Waals surface area (Å²) < 4.78 is 19.8. The molecule has 0 saturated carbocycles.